The molecule has 2 aromatic rings. The molecule has 0 heterocycles. The molecule has 0 fully saturated rings. The van der Waals surface area contributed by atoms with Crippen molar-refractivity contribution in [1.29, 1.82) is 0 Å². The standard InChI is InChI=1S/C17H18N2O2/c1-3-13-4-6-15(7-5-13)17(20)18-16-10-8-14(9-11-16)12(2)19-21/h4-11,21H,3H2,1-2H3,(H,18,20)/b19-12+. The minimum absolute atomic E-state index is 0.141. The minimum atomic E-state index is -0.141. The number of aryl methyl sites for hydroxylation is 1. The van der Waals surface area contributed by atoms with Gasteiger partial charge in [0.15, 0.2) is 0 Å². The van der Waals surface area contributed by atoms with Crippen LogP contribution in [0.4, 0.5) is 5.69 Å². The monoisotopic (exact) mass is 282 g/mol. The molecule has 21 heavy (non-hydrogen) atoms. The molecule has 0 aliphatic heterocycles. The summed E-state index contributed by atoms with van der Waals surface area (Å²) in [6.07, 6.45) is 0.953. The highest BCUT2D eigenvalue weighted by molar-refractivity contribution is 6.04. The van der Waals surface area contributed by atoms with Crippen LogP contribution in [-0.4, -0.2) is 16.8 Å². The Labute approximate surface area is 124 Å². The first-order chi connectivity index (χ1) is 10.1. The number of carbonyl (C=O) groups excluding carboxylic acids is 1. The molecule has 2 N–H and O–H groups in total. The lowest BCUT2D eigenvalue weighted by molar-refractivity contribution is 0.102. The largest absolute Gasteiger partial charge is 0.411 e. The smallest absolute Gasteiger partial charge is 0.255 e. The normalized spacial score (nSPS) is 11.2. The molecule has 108 valence electrons. The molecule has 0 aliphatic rings. The van der Waals surface area contributed by atoms with Gasteiger partial charge in [0, 0.05) is 11.3 Å². The molecule has 0 atom stereocenters. The van der Waals surface area contributed by atoms with Gasteiger partial charge in [-0.1, -0.05) is 36.3 Å². The number of benzene rings is 2. The highest BCUT2D eigenvalue weighted by atomic mass is 16.4. The second kappa shape index (κ2) is 6.70. The summed E-state index contributed by atoms with van der Waals surface area (Å²) in [5.41, 5.74) is 3.87. The molecule has 0 aromatic heterocycles. The molecule has 4 heteroatoms. The van der Waals surface area contributed by atoms with Gasteiger partial charge in [-0.2, -0.15) is 0 Å². The number of rotatable bonds is 4. The third-order valence-corrected chi connectivity index (χ3v) is 3.33. The quantitative estimate of drug-likeness (QED) is 0.510. The van der Waals surface area contributed by atoms with Crippen molar-refractivity contribution in [2.45, 2.75) is 20.3 Å². The molecule has 0 saturated heterocycles. The molecule has 0 radical (unpaired) electrons. The maximum Gasteiger partial charge on any atom is 0.255 e. The Bertz CT molecular complexity index is 643. The predicted molar refractivity (Wildman–Crippen MR) is 84.2 cm³/mol. The summed E-state index contributed by atoms with van der Waals surface area (Å²) >= 11 is 0. The zero-order valence-electron chi connectivity index (χ0n) is 12.1. The van der Waals surface area contributed by atoms with E-state index >= 15 is 0 Å². The molecular weight excluding hydrogens is 264 g/mol. The average Bonchev–Trinajstić information content (AvgIpc) is 2.55. The Morgan fingerprint density at radius 1 is 1.05 bits per heavy atom. The fourth-order valence-electron chi connectivity index (χ4n) is 1.95. The fourth-order valence-corrected chi connectivity index (χ4v) is 1.95. The van der Waals surface area contributed by atoms with E-state index in [-0.39, 0.29) is 5.91 Å². The summed E-state index contributed by atoms with van der Waals surface area (Å²) in [5, 5.41) is 14.7. The van der Waals surface area contributed by atoms with Crippen LogP contribution >= 0.6 is 0 Å². The molecule has 0 spiro atoms. The lowest BCUT2D eigenvalue weighted by atomic mass is 10.1. The van der Waals surface area contributed by atoms with Crippen LogP contribution < -0.4 is 5.32 Å². The maximum absolute atomic E-state index is 12.1. The van der Waals surface area contributed by atoms with E-state index in [2.05, 4.69) is 17.4 Å². The van der Waals surface area contributed by atoms with Crippen molar-refractivity contribution in [2.75, 3.05) is 5.32 Å². The van der Waals surface area contributed by atoms with E-state index in [1.165, 1.54) is 5.56 Å². The molecule has 0 unspecified atom stereocenters. The number of anilines is 1. The summed E-state index contributed by atoms with van der Waals surface area (Å²) < 4.78 is 0. The van der Waals surface area contributed by atoms with Gasteiger partial charge in [0.05, 0.1) is 5.71 Å². The van der Waals surface area contributed by atoms with Gasteiger partial charge in [0.2, 0.25) is 0 Å². The second-order valence-electron chi connectivity index (χ2n) is 4.77. The van der Waals surface area contributed by atoms with Crippen LogP contribution in [0.25, 0.3) is 0 Å². The van der Waals surface area contributed by atoms with Gasteiger partial charge in [-0.3, -0.25) is 4.79 Å². The Morgan fingerprint density at radius 3 is 2.14 bits per heavy atom. The van der Waals surface area contributed by atoms with Crippen molar-refractivity contribution in [3.8, 4) is 0 Å². The number of hydrogen-bond acceptors (Lipinski definition) is 3. The lowest BCUT2D eigenvalue weighted by Crippen LogP contribution is -2.11. The summed E-state index contributed by atoms with van der Waals surface area (Å²) in [6.45, 7) is 3.79. The minimum Gasteiger partial charge on any atom is -0.411 e. The van der Waals surface area contributed by atoms with Crippen molar-refractivity contribution in [2.24, 2.45) is 5.16 Å². The SMILES string of the molecule is CCc1ccc(C(=O)Nc2ccc(/C(C)=N/O)cc2)cc1. The average molecular weight is 282 g/mol. The number of carbonyl (C=O) groups is 1. The van der Waals surface area contributed by atoms with Gasteiger partial charge < -0.3 is 10.5 Å². The Kier molecular flexibility index (Phi) is 4.72. The van der Waals surface area contributed by atoms with Crippen LogP contribution in [0.15, 0.2) is 53.7 Å². The first-order valence-corrected chi connectivity index (χ1v) is 6.83. The molecule has 0 saturated carbocycles. The number of nitrogens with zero attached hydrogens (tertiary/aromatic N) is 1. The highest BCUT2D eigenvalue weighted by Gasteiger charge is 2.06. The molecular formula is C17H18N2O2. The zero-order chi connectivity index (χ0) is 15.2. The first kappa shape index (κ1) is 14.8. The van der Waals surface area contributed by atoms with Crippen LogP contribution in [-0.2, 0) is 6.42 Å². The number of hydrogen-bond donors (Lipinski definition) is 2. The molecule has 4 nitrogen and oxygen atoms in total. The third-order valence-electron chi connectivity index (χ3n) is 3.33. The molecule has 0 aliphatic carbocycles. The van der Waals surface area contributed by atoms with E-state index in [0.717, 1.165) is 12.0 Å². The van der Waals surface area contributed by atoms with E-state index in [0.29, 0.717) is 17.0 Å². The summed E-state index contributed by atoms with van der Waals surface area (Å²) in [4.78, 5) is 12.1. The van der Waals surface area contributed by atoms with Gasteiger partial charge in [0.25, 0.3) is 5.91 Å². The van der Waals surface area contributed by atoms with Crippen molar-refractivity contribution in [3.05, 3.63) is 65.2 Å². The number of nitrogens with one attached hydrogen (secondary N) is 1. The summed E-state index contributed by atoms with van der Waals surface area (Å²) in [7, 11) is 0. The van der Waals surface area contributed by atoms with Gasteiger partial charge in [-0.05, 0) is 48.7 Å². The molecule has 2 rings (SSSR count). The number of oxime groups is 1. The summed E-state index contributed by atoms with van der Waals surface area (Å²) in [6, 6.07) is 14.7. The predicted octanol–water partition coefficient (Wildman–Crippen LogP) is 3.70. The van der Waals surface area contributed by atoms with E-state index in [9.17, 15) is 4.79 Å². The van der Waals surface area contributed by atoms with Crippen molar-refractivity contribution in [3.63, 3.8) is 0 Å². The van der Waals surface area contributed by atoms with Crippen LogP contribution in [0.2, 0.25) is 0 Å². The molecule has 1 amide bonds. The van der Waals surface area contributed by atoms with Crippen LogP contribution in [0.1, 0.15) is 35.3 Å². The van der Waals surface area contributed by atoms with E-state index in [4.69, 9.17) is 5.21 Å². The summed E-state index contributed by atoms with van der Waals surface area (Å²) in [5.74, 6) is -0.141. The van der Waals surface area contributed by atoms with Crippen molar-refractivity contribution in [1.82, 2.24) is 0 Å². The van der Waals surface area contributed by atoms with Crippen LogP contribution in [0, 0.1) is 0 Å². The first-order valence-electron chi connectivity index (χ1n) is 6.83. The lowest BCUT2D eigenvalue weighted by Gasteiger charge is -2.07. The third kappa shape index (κ3) is 3.69. The second-order valence-corrected chi connectivity index (χ2v) is 4.77. The Balaban J connectivity index is 2.08. The fraction of sp³-hybridized carbons (Fsp3) is 0.176. The Hall–Kier alpha value is -2.62. The van der Waals surface area contributed by atoms with Gasteiger partial charge in [-0.25, -0.2) is 0 Å². The van der Waals surface area contributed by atoms with Gasteiger partial charge in [-0.15, -0.1) is 0 Å². The maximum atomic E-state index is 12.1. The zero-order valence-corrected chi connectivity index (χ0v) is 12.1. The van der Waals surface area contributed by atoms with E-state index in [1.54, 1.807) is 31.2 Å². The van der Waals surface area contributed by atoms with Crippen molar-refractivity contribution < 1.29 is 10.0 Å². The number of amides is 1. The highest BCUT2D eigenvalue weighted by Crippen LogP contribution is 2.13. The van der Waals surface area contributed by atoms with Crippen LogP contribution in [0.3, 0.4) is 0 Å². The molecule has 0 bridgehead atoms. The topological polar surface area (TPSA) is 61.7 Å². The van der Waals surface area contributed by atoms with E-state index in [1.807, 2.05) is 24.3 Å². The van der Waals surface area contributed by atoms with Crippen LogP contribution in [0.5, 0.6) is 0 Å². The molecule has 2 aromatic carbocycles. The Morgan fingerprint density at radius 2 is 1.62 bits per heavy atom. The van der Waals surface area contributed by atoms with Gasteiger partial charge >= 0.3 is 0 Å². The van der Waals surface area contributed by atoms with Gasteiger partial charge in [0.1, 0.15) is 0 Å². The van der Waals surface area contributed by atoms with E-state index < -0.39 is 0 Å². The van der Waals surface area contributed by atoms with Crippen molar-refractivity contribution >= 4 is 17.3 Å².